The van der Waals surface area contributed by atoms with Crippen LogP contribution < -0.4 is 15.4 Å². The van der Waals surface area contributed by atoms with Crippen molar-refractivity contribution in [3.63, 3.8) is 0 Å². The van der Waals surface area contributed by atoms with Crippen LogP contribution in [0.5, 0.6) is 0 Å². The van der Waals surface area contributed by atoms with Crippen LogP contribution in [-0.4, -0.2) is 26.8 Å². The summed E-state index contributed by atoms with van der Waals surface area (Å²) in [7, 11) is -3.74. The molecular formula is C24H24FN3O4S. The Hall–Kier alpha value is -3.56. The molecule has 0 radical (unpaired) electrons. The molecule has 2 amide bonds. The first-order chi connectivity index (χ1) is 15.7. The maximum atomic E-state index is 12.9. The number of rotatable bonds is 9. The van der Waals surface area contributed by atoms with Crippen LogP contribution in [0.3, 0.4) is 0 Å². The van der Waals surface area contributed by atoms with Gasteiger partial charge in [0.15, 0.2) is 0 Å². The van der Waals surface area contributed by atoms with E-state index in [1.54, 1.807) is 36.4 Å². The summed E-state index contributed by atoms with van der Waals surface area (Å²) in [6, 6.07) is 18.6. The minimum Gasteiger partial charge on any atom is -0.352 e. The summed E-state index contributed by atoms with van der Waals surface area (Å²) in [5.41, 5.74) is 2.57. The minimum atomic E-state index is -3.74. The Morgan fingerprint density at radius 1 is 0.848 bits per heavy atom. The average Bonchev–Trinajstić information content (AvgIpc) is 2.79. The van der Waals surface area contributed by atoms with E-state index < -0.39 is 10.0 Å². The van der Waals surface area contributed by atoms with E-state index >= 15 is 0 Å². The Morgan fingerprint density at radius 3 is 2.06 bits per heavy atom. The van der Waals surface area contributed by atoms with Gasteiger partial charge in [-0.1, -0.05) is 24.3 Å². The van der Waals surface area contributed by atoms with Crippen molar-refractivity contribution in [2.75, 3.05) is 11.9 Å². The molecule has 172 valence electrons. The second-order valence-corrected chi connectivity index (χ2v) is 9.13. The van der Waals surface area contributed by atoms with Gasteiger partial charge in [0.2, 0.25) is 15.9 Å². The molecule has 33 heavy (non-hydrogen) atoms. The number of anilines is 1. The van der Waals surface area contributed by atoms with Gasteiger partial charge >= 0.3 is 0 Å². The highest BCUT2D eigenvalue weighted by Gasteiger charge is 2.14. The van der Waals surface area contributed by atoms with Crippen molar-refractivity contribution in [3.05, 3.63) is 95.3 Å². The van der Waals surface area contributed by atoms with Crippen LogP contribution in [0.2, 0.25) is 0 Å². The summed E-state index contributed by atoms with van der Waals surface area (Å²) >= 11 is 0. The van der Waals surface area contributed by atoms with Gasteiger partial charge in [-0.15, -0.1) is 0 Å². The molecule has 9 heteroatoms. The van der Waals surface area contributed by atoms with E-state index in [1.807, 2.05) is 0 Å². The number of hydrogen-bond acceptors (Lipinski definition) is 4. The predicted octanol–water partition coefficient (Wildman–Crippen LogP) is 3.24. The fourth-order valence-electron chi connectivity index (χ4n) is 3.03. The van der Waals surface area contributed by atoms with E-state index in [2.05, 4.69) is 15.4 Å². The summed E-state index contributed by atoms with van der Waals surface area (Å²) in [6.07, 6.45) is 0.581. The molecule has 0 aromatic heterocycles. The molecule has 3 rings (SSSR count). The van der Waals surface area contributed by atoms with Crippen LogP contribution in [-0.2, 0) is 27.8 Å². The lowest BCUT2D eigenvalue weighted by Crippen LogP contribution is -2.26. The second-order valence-electron chi connectivity index (χ2n) is 7.36. The minimum absolute atomic E-state index is 0.0578. The number of carbonyl (C=O) groups excluding carboxylic acids is 2. The summed E-state index contributed by atoms with van der Waals surface area (Å²) in [4.78, 5) is 23.4. The Labute approximate surface area is 192 Å². The molecule has 0 unspecified atom stereocenters. The lowest BCUT2D eigenvalue weighted by atomic mass is 10.1. The highest BCUT2D eigenvalue weighted by atomic mass is 32.2. The zero-order valence-corrected chi connectivity index (χ0v) is 18.8. The molecule has 0 aliphatic rings. The fourth-order valence-corrected chi connectivity index (χ4v) is 4.05. The first-order valence-electron chi connectivity index (χ1n) is 10.2. The molecule has 0 spiro atoms. The van der Waals surface area contributed by atoms with Gasteiger partial charge in [0.05, 0.1) is 4.90 Å². The number of amides is 2. The van der Waals surface area contributed by atoms with Gasteiger partial charge < -0.3 is 10.6 Å². The highest BCUT2D eigenvalue weighted by Crippen LogP contribution is 2.15. The Kier molecular flexibility index (Phi) is 7.92. The third-order valence-electron chi connectivity index (χ3n) is 4.78. The molecular weight excluding hydrogens is 445 g/mol. The standard InChI is InChI=1S/C24H24FN3O4S/c1-17(29)28-22-10-12-23(13-11-22)33(31,32)27-16-19-2-6-20(7-3-19)24(30)26-15-14-18-4-8-21(25)9-5-18/h2-13,27H,14-16H2,1H3,(H,26,30)(H,28,29). The van der Waals surface area contributed by atoms with Crippen molar-refractivity contribution in [1.82, 2.24) is 10.0 Å². The van der Waals surface area contributed by atoms with Crippen molar-refractivity contribution < 1.29 is 22.4 Å². The Balaban J connectivity index is 1.50. The van der Waals surface area contributed by atoms with E-state index in [0.717, 1.165) is 5.56 Å². The van der Waals surface area contributed by atoms with Crippen molar-refractivity contribution in [2.24, 2.45) is 0 Å². The first-order valence-corrected chi connectivity index (χ1v) is 11.7. The topological polar surface area (TPSA) is 104 Å². The van der Waals surface area contributed by atoms with Gasteiger partial charge in [-0.2, -0.15) is 0 Å². The molecule has 0 fully saturated rings. The van der Waals surface area contributed by atoms with Gasteiger partial charge in [0.25, 0.3) is 5.91 Å². The van der Waals surface area contributed by atoms with E-state index in [4.69, 9.17) is 0 Å². The van der Waals surface area contributed by atoms with Crippen LogP contribution >= 0.6 is 0 Å². The predicted molar refractivity (Wildman–Crippen MR) is 124 cm³/mol. The molecule has 0 atom stereocenters. The third kappa shape index (κ3) is 7.23. The van der Waals surface area contributed by atoms with E-state index in [9.17, 15) is 22.4 Å². The van der Waals surface area contributed by atoms with Gasteiger partial charge in [0, 0.05) is 31.3 Å². The van der Waals surface area contributed by atoms with Crippen LogP contribution in [0.1, 0.15) is 28.4 Å². The third-order valence-corrected chi connectivity index (χ3v) is 6.20. The van der Waals surface area contributed by atoms with Gasteiger partial charge in [-0.25, -0.2) is 17.5 Å². The summed E-state index contributed by atoms with van der Waals surface area (Å²) in [5.74, 6) is -0.790. The fraction of sp³-hybridized carbons (Fsp3) is 0.167. The maximum absolute atomic E-state index is 12.9. The van der Waals surface area contributed by atoms with E-state index in [1.165, 1.54) is 43.3 Å². The van der Waals surface area contributed by atoms with Gasteiger partial charge in [-0.05, 0) is 66.1 Å². The van der Waals surface area contributed by atoms with E-state index in [0.29, 0.717) is 29.8 Å². The largest absolute Gasteiger partial charge is 0.352 e. The average molecular weight is 470 g/mol. The normalized spacial score (nSPS) is 11.1. The summed E-state index contributed by atoms with van der Waals surface area (Å²) in [5, 5.41) is 5.38. The smallest absolute Gasteiger partial charge is 0.251 e. The van der Waals surface area contributed by atoms with Crippen LogP contribution in [0.15, 0.2) is 77.7 Å². The van der Waals surface area contributed by atoms with Crippen molar-refractivity contribution in [2.45, 2.75) is 24.8 Å². The Morgan fingerprint density at radius 2 is 1.45 bits per heavy atom. The molecule has 0 saturated carbocycles. The first kappa shape index (κ1) is 24.1. The van der Waals surface area contributed by atoms with Gasteiger partial charge in [0.1, 0.15) is 5.82 Å². The van der Waals surface area contributed by atoms with Crippen molar-refractivity contribution in [1.29, 1.82) is 0 Å². The number of nitrogens with one attached hydrogen (secondary N) is 3. The number of carbonyl (C=O) groups is 2. The summed E-state index contributed by atoms with van der Waals surface area (Å²) in [6.45, 7) is 1.84. The number of sulfonamides is 1. The van der Waals surface area contributed by atoms with Crippen LogP contribution in [0, 0.1) is 5.82 Å². The molecule has 0 heterocycles. The quantitative estimate of drug-likeness (QED) is 0.448. The van der Waals surface area contributed by atoms with Crippen LogP contribution in [0.4, 0.5) is 10.1 Å². The van der Waals surface area contributed by atoms with E-state index in [-0.39, 0.29) is 29.1 Å². The monoisotopic (exact) mass is 469 g/mol. The highest BCUT2D eigenvalue weighted by molar-refractivity contribution is 7.89. The van der Waals surface area contributed by atoms with Crippen molar-refractivity contribution >= 4 is 27.5 Å². The molecule has 0 bridgehead atoms. The number of benzene rings is 3. The molecule has 3 N–H and O–H groups in total. The SMILES string of the molecule is CC(=O)Nc1ccc(S(=O)(=O)NCc2ccc(C(=O)NCCc3ccc(F)cc3)cc2)cc1. The molecule has 3 aromatic carbocycles. The van der Waals surface area contributed by atoms with Crippen molar-refractivity contribution in [3.8, 4) is 0 Å². The summed E-state index contributed by atoms with van der Waals surface area (Å²) < 4.78 is 40.4. The number of halogens is 1. The van der Waals surface area contributed by atoms with Crippen LogP contribution in [0.25, 0.3) is 0 Å². The molecule has 0 aliphatic carbocycles. The zero-order chi connectivity index (χ0) is 23.8. The lowest BCUT2D eigenvalue weighted by Gasteiger charge is -2.09. The lowest BCUT2D eigenvalue weighted by molar-refractivity contribution is -0.114. The Bertz CT molecular complexity index is 1210. The van der Waals surface area contributed by atoms with Gasteiger partial charge in [-0.3, -0.25) is 9.59 Å². The zero-order valence-electron chi connectivity index (χ0n) is 18.0. The molecule has 0 aliphatic heterocycles. The number of hydrogen-bond donors (Lipinski definition) is 3. The molecule has 0 saturated heterocycles. The molecule has 3 aromatic rings. The maximum Gasteiger partial charge on any atom is 0.251 e. The molecule has 7 nitrogen and oxygen atoms in total. The second kappa shape index (κ2) is 10.8.